The van der Waals surface area contributed by atoms with Crippen molar-refractivity contribution in [1.82, 2.24) is 9.80 Å². The van der Waals surface area contributed by atoms with Gasteiger partial charge in [0.15, 0.2) is 0 Å². The molecule has 8 heteroatoms. The summed E-state index contributed by atoms with van der Waals surface area (Å²) in [6.45, 7) is 17.6. The van der Waals surface area contributed by atoms with Crippen LogP contribution in [0.4, 0.5) is 0 Å². The van der Waals surface area contributed by atoms with E-state index in [1.54, 1.807) is 0 Å². The van der Waals surface area contributed by atoms with E-state index < -0.39 is 0 Å². The Kier molecular flexibility index (Phi) is 39.9. The highest BCUT2D eigenvalue weighted by molar-refractivity contribution is 8.76. The molecular formula is C55H106N2O4S2. The number of esters is 2. The molecule has 2 saturated heterocycles. The molecule has 2 unspecified atom stereocenters. The summed E-state index contributed by atoms with van der Waals surface area (Å²) in [5, 5.41) is 0. The second kappa shape index (κ2) is 42.9. The summed E-state index contributed by atoms with van der Waals surface area (Å²) in [7, 11) is 4.15. The first kappa shape index (κ1) is 58.7. The lowest BCUT2D eigenvalue weighted by Gasteiger charge is -2.32. The predicted molar refractivity (Wildman–Crippen MR) is 278 cm³/mol. The Balaban J connectivity index is 1.44. The quantitative estimate of drug-likeness (QED) is 0.0340. The SMILES string of the molecule is CCCCCCCCC(CCCCCC)CCCC1CCN(CCSSCCN2CCC(CCOC(=O)CCCC(=O)OCC(CCCCCC)CCCCCCCC)CC2)CC1. The molecule has 0 bridgehead atoms. The molecule has 2 fully saturated rings. The lowest BCUT2D eigenvalue weighted by molar-refractivity contribution is -0.146. The number of likely N-dealkylation sites (tertiary alicyclic amines) is 2. The van der Waals surface area contributed by atoms with Gasteiger partial charge in [0.1, 0.15) is 0 Å². The molecule has 2 atom stereocenters. The van der Waals surface area contributed by atoms with Crippen LogP contribution in [0.2, 0.25) is 0 Å². The maximum atomic E-state index is 12.5. The van der Waals surface area contributed by atoms with Crippen molar-refractivity contribution in [2.24, 2.45) is 23.7 Å². The van der Waals surface area contributed by atoms with E-state index in [4.69, 9.17) is 9.47 Å². The smallest absolute Gasteiger partial charge is 0.305 e. The van der Waals surface area contributed by atoms with Crippen LogP contribution in [0, 0.1) is 23.7 Å². The van der Waals surface area contributed by atoms with Gasteiger partial charge in [0, 0.05) is 37.4 Å². The molecule has 0 aliphatic carbocycles. The van der Waals surface area contributed by atoms with Crippen LogP contribution in [0.25, 0.3) is 0 Å². The summed E-state index contributed by atoms with van der Waals surface area (Å²) in [5.41, 5.74) is 0. The van der Waals surface area contributed by atoms with Crippen LogP contribution in [0.15, 0.2) is 0 Å². The molecule has 0 aromatic carbocycles. The number of ether oxygens (including phenoxy) is 2. The number of nitrogens with zero attached hydrogens (tertiary/aromatic N) is 2. The molecule has 0 saturated carbocycles. The standard InChI is InChI=1S/C55H106N2O4S2/c1-5-9-13-17-19-23-28-50(27-21-15-11-7-3)31-25-32-51-35-40-56(41-36-51)44-47-62-63-48-45-57-42-37-52(38-43-57)39-46-60-54(58)33-26-34-55(59)61-49-53(29-22-16-12-8-4)30-24-20-18-14-10-6-2/h50-53H,5-49H2,1-4H3. The number of piperidine rings is 2. The van der Waals surface area contributed by atoms with Gasteiger partial charge in [0.2, 0.25) is 0 Å². The van der Waals surface area contributed by atoms with Gasteiger partial charge in [-0.1, -0.05) is 210 Å². The van der Waals surface area contributed by atoms with Crippen LogP contribution in [0.3, 0.4) is 0 Å². The van der Waals surface area contributed by atoms with Gasteiger partial charge >= 0.3 is 11.9 Å². The molecule has 0 amide bonds. The molecule has 2 aliphatic heterocycles. The van der Waals surface area contributed by atoms with Crippen molar-refractivity contribution >= 4 is 33.5 Å². The van der Waals surface area contributed by atoms with Gasteiger partial charge in [-0.05, 0) is 101 Å². The zero-order valence-corrected chi connectivity index (χ0v) is 44.1. The molecule has 0 aromatic heterocycles. The minimum atomic E-state index is -0.169. The van der Waals surface area contributed by atoms with Crippen molar-refractivity contribution in [3.63, 3.8) is 0 Å². The Hall–Kier alpha value is -0.440. The number of carbonyl (C=O) groups excluding carboxylic acids is 2. The average Bonchev–Trinajstić information content (AvgIpc) is 3.29. The second-order valence-electron chi connectivity index (χ2n) is 20.2. The van der Waals surface area contributed by atoms with E-state index in [0.29, 0.717) is 44.3 Å². The first-order valence-corrected chi connectivity index (χ1v) is 30.5. The average molecular weight is 924 g/mol. The number of unbranched alkanes of at least 4 members (excludes halogenated alkanes) is 16. The maximum Gasteiger partial charge on any atom is 0.305 e. The minimum Gasteiger partial charge on any atom is -0.466 e. The van der Waals surface area contributed by atoms with Crippen molar-refractivity contribution in [3.8, 4) is 0 Å². The summed E-state index contributed by atoms with van der Waals surface area (Å²) in [6.07, 6.45) is 44.2. The predicted octanol–water partition coefficient (Wildman–Crippen LogP) is 16.3. The minimum absolute atomic E-state index is 0.158. The van der Waals surface area contributed by atoms with Gasteiger partial charge in [-0.15, -0.1) is 0 Å². The zero-order chi connectivity index (χ0) is 45.3. The number of rotatable bonds is 44. The molecule has 0 radical (unpaired) electrons. The lowest BCUT2D eigenvalue weighted by Crippen LogP contribution is -2.35. The largest absolute Gasteiger partial charge is 0.466 e. The fourth-order valence-electron chi connectivity index (χ4n) is 10.1. The highest BCUT2D eigenvalue weighted by Crippen LogP contribution is 2.29. The number of hydrogen-bond acceptors (Lipinski definition) is 8. The van der Waals surface area contributed by atoms with Crippen LogP contribution in [0.1, 0.15) is 252 Å². The van der Waals surface area contributed by atoms with Crippen LogP contribution < -0.4 is 0 Å². The van der Waals surface area contributed by atoms with Crippen molar-refractivity contribution in [2.45, 2.75) is 252 Å². The highest BCUT2D eigenvalue weighted by atomic mass is 33.1. The molecule has 2 aliphatic rings. The third kappa shape index (κ3) is 34.5. The van der Waals surface area contributed by atoms with Gasteiger partial charge < -0.3 is 19.3 Å². The summed E-state index contributed by atoms with van der Waals surface area (Å²) in [5.74, 6) is 5.21. The van der Waals surface area contributed by atoms with E-state index in [1.807, 2.05) is 0 Å². The maximum absolute atomic E-state index is 12.5. The van der Waals surface area contributed by atoms with Gasteiger partial charge in [-0.3, -0.25) is 9.59 Å². The van der Waals surface area contributed by atoms with E-state index >= 15 is 0 Å². The van der Waals surface area contributed by atoms with Crippen molar-refractivity contribution in [2.75, 3.05) is 64.0 Å². The second-order valence-corrected chi connectivity index (χ2v) is 22.9. The van der Waals surface area contributed by atoms with Gasteiger partial charge in [-0.2, -0.15) is 0 Å². The lowest BCUT2D eigenvalue weighted by atomic mass is 9.86. The third-order valence-electron chi connectivity index (χ3n) is 14.6. The fraction of sp³-hybridized carbons (Fsp3) is 0.964. The van der Waals surface area contributed by atoms with Gasteiger partial charge in [-0.25, -0.2) is 0 Å². The zero-order valence-electron chi connectivity index (χ0n) is 42.5. The first-order chi connectivity index (χ1) is 31.0. The highest BCUT2D eigenvalue weighted by Gasteiger charge is 2.21. The summed E-state index contributed by atoms with van der Waals surface area (Å²) >= 11 is 0. The summed E-state index contributed by atoms with van der Waals surface area (Å²) in [6, 6.07) is 0. The fourth-order valence-corrected chi connectivity index (χ4v) is 12.2. The van der Waals surface area contributed by atoms with Crippen molar-refractivity contribution < 1.29 is 19.1 Å². The molecule has 0 N–H and O–H groups in total. The number of carbonyl (C=O) groups is 2. The van der Waals surface area contributed by atoms with Crippen molar-refractivity contribution in [1.29, 1.82) is 0 Å². The molecule has 0 aromatic rings. The Morgan fingerprint density at radius 3 is 1.32 bits per heavy atom. The molecule has 0 spiro atoms. The van der Waals surface area contributed by atoms with Gasteiger partial charge in [0.05, 0.1) is 13.2 Å². The van der Waals surface area contributed by atoms with Crippen LogP contribution in [-0.4, -0.2) is 85.7 Å². The topological polar surface area (TPSA) is 59.1 Å². The van der Waals surface area contributed by atoms with Gasteiger partial charge in [0.25, 0.3) is 0 Å². The monoisotopic (exact) mass is 923 g/mol. The Labute approximate surface area is 400 Å². The van der Waals surface area contributed by atoms with Crippen LogP contribution in [0.5, 0.6) is 0 Å². The third-order valence-corrected chi connectivity index (χ3v) is 17.0. The summed E-state index contributed by atoms with van der Waals surface area (Å²) < 4.78 is 11.3. The van der Waals surface area contributed by atoms with E-state index in [9.17, 15) is 9.59 Å². The molecule has 63 heavy (non-hydrogen) atoms. The van der Waals surface area contributed by atoms with Crippen molar-refractivity contribution in [3.05, 3.63) is 0 Å². The summed E-state index contributed by atoms with van der Waals surface area (Å²) in [4.78, 5) is 30.3. The Bertz CT molecular complexity index is 1020. The van der Waals surface area contributed by atoms with Crippen LogP contribution >= 0.6 is 21.6 Å². The first-order valence-electron chi connectivity index (χ1n) is 28.0. The molecule has 2 rings (SSSR count). The molecular weight excluding hydrogens is 817 g/mol. The molecule has 2 heterocycles. The number of hydrogen-bond donors (Lipinski definition) is 0. The van der Waals surface area contributed by atoms with E-state index in [1.165, 1.54) is 224 Å². The normalized spacial score (nSPS) is 16.7. The molecule has 372 valence electrons. The van der Waals surface area contributed by atoms with E-state index in [2.05, 4.69) is 59.1 Å². The van der Waals surface area contributed by atoms with E-state index in [0.717, 1.165) is 44.2 Å². The molecule has 6 nitrogen and oxygen atoms in total. The van der Waals surface area contributed by atoms with E-state index in [-0.39, 0.29) is 11.9 Å². The van der Waals surface area contributed by atoms with Crippen LogP contribution in [-0.2, 0) is 19.1 Å². The Morgan fingerprint density at radius 1 is 0.460 bits per heavy atom. The Morgan fingerprint density at radius 2 is 0.841 bits per heavy atom.